The predicted octanol–water partition coefficient (Wildman–Crippen LogP) is 1.63. The van der Waals surface area contributed by atoms with E-state index in [1.165, 1.54) is 16.2 Å². The summed E-state index contributed by atoms with van der Waals surface area (Å²) in [5.74, 6) is 1.61. The van der Waals surface area contributed by atoms with Crippen molar-refractivity contribution in [2.45, 2.75) is 32.5 Å². The summed E-state index contributed by atoms with van der Waals surface area (Å²) in [5, 5.41) is 8.67. The van der Waals surface area contributed by atoms with E-state index in [0.717, 1.165) is 11.6 Å². The SMILES string of the molecule is C[C@H]1CN(C(=O)Cn2ccccc2=O)Cc2nnc(Cc3ccccc3)n21. The number of amides is 1. The van der Waals surface area contributed by atoms with Crippen molar-refractivity contribution >= 4 is 5.91 Å². The number of aromatic nitrogens is 4. The van der Waals surface area contributed by atoms with Gasteiger partial charge in [0.1, 0.15) is 12.4 Å². The van der Waals surface area contributed by atoms with Gasteiger partial charge < -0.3 is 14.0 Å². The minimum Gasteiger partial charge on any atom is -0.332 e. The second kappa shape index (κ2) is 7.19. The van der Waals surface area contributed by atoms with Gasteiger partial charge in [-0.05, 0) is 18.6 Å². The van der Waals surface area contributed by atoms with E-state index in [1.54, 1.807) is 23.2 Å². The highest BCUT2D eigenvalue weighted by atomic mass is 16.2. The summed E-state index contributed by atoms with van der Waals surface area (Å²) < 4.78 is 3.55. The number of hydrogen-bond donors (Lipinski definition) is 0. The highest BCUT2D eigenvalue weighted by Gasteiger charge is 2.29. The number of benzene rings is 1. The molecule has 0 aliphatic carbocycles. The molecule has 0 spiro atoms. The van der Waals surface area contributed by atoms with Crippen LogP contribution in [0.3, 0.4) is 0 Å². The summed E-state index contributed by atoms with van der Waals surface area (Å²) >= 11 is 0. The Morgan fingerprint density at radius 2 is 1.89 bits per heavy atom. The molecule has 0 radical (unpaired) electrons. The summed E-state index contributed by atoms with van der Waals surface area (Å²) in [7, 11) is 0. The van der Waals surface area contributed by atoms with E-state index in [4.69, 9.17) is 0 Å². The highest BCUT2D eigenvalue weighted by molar-refractivity contribution is 5.76. The van der Waals surface area contributed by atoms with E-state index in [2.05, 4.69) is 33.8 Å². The average Bonchev–Trinajstić information content (AvgIpc) is 3.07. The predicted molar refractivity (Wildman–Crippen MR) is 100 cm³/mol. The van der Waals surface area contributed by atoms with Crippen LogP contribution >= 0.6 is 0 Å². The summed E-state index contributed by atoms with van der Waals surface area (Å²) in [6.45, 7) is 3.09. The molecule has 1 amide bonds. The third kappa shape index (κ3) is 3.53. The molecule has 1 aromatic carbocycles. The van der Waals surface area contributed by atoms with Crippen LogP contribution in [0.15, 0.2) is 59.5 Å². The van der Waals surface area contributed by atoms with Gasteiger partial charge in [0, 0.05) is 25.2 Å². The first-order chi connectivity index (χ1) is 13.1. The minimum atomic E-state index is -0.177. The fourth-order valence-electron chi connectivity index (χ4n) is 3.54. The van der Waals surface area contributed by atoms with Gasteiger partial charge in [-0.15, -0.1) is 10.2 Å². The molecule has 0 saturated heterocycles. The topological polar surface area (TPSA) is 73.0 Å². The number of carbonyl (C=O) groups is 1. The number of nitrogens with zero attached hydrogens (tertiary/aromatic N) is 5. The maximum absolute atomic E-state index is 12.7. The van der Waals surface area contributed by atoms with Gasteiger partial charge in [-0.3, -0.25) is 9.59 Å². The van der Waals surface area contributed by atoms with Crippen LogP contribution in [0.2, 0.25) is 0 Å². The molecule has 1 atom stereocenters. The molecular formula is C20H21N5O2. The molecule has 0 unspecified atom stereocenters. The third-order valence-corrected chi connectivity index (χ3v) is 4.86. The Morgan fingerprint density at radius 3 is 2.67 bits per heavy atom. The number of rotatable bonds is 4. The van der Waals surface area contributed by atoms with Gasteiger partial charge in [0.15, 0.2) is 5.82 Å². The van der Waals surface area contributed by atoms with Crippen LogP contribution in [0.25, 0.3) is 0 Å². The van der Waals surface area contributed by atoms with E-state index < -0.39 is 0 Å². The van der Waals surface area contributed by atoms with Crippen LogP contribution in [0.1, 0.15) is 30.2 Å². The van der Waals surface area contributed by atoms with Crippen molar-refractivity contribution in [2.75, 3.05) is 6.54 Å². The summed E-state index contributed by atoms with van der Waals surface area (Å²) in [5.41, 5.74) is 1.01. The van der Waals surface area contributed by atoms with Crippen molar-refractivity contribution in [3.05, 3.63) is 82.3 Å². The maximum atomic E-state index is 12.7. The van der Waals surface area contributed by atoms with Gasteiger partial charge in [0.25, 0.3) is 5.56 Å². The second-order valence-electron chi connectivity index (χ2n) is 6.85. The number of carbonyl (C=O) groups excluding carboxylic acids is 1. The number of hydrogen-bond acceptors (Lipinski definition) is 4. The Hall–Kier alpha value is -3.22. The molecule has 3 aromatic rings. The van der Waals surface area contributed by atoms with Crippen molar-refractivity contribution in [1.29, 1.82) is 0 Å². The summed E-state index contributed by atoms with van der Waals surface area (Å²) in [6, 6.07) is 15.1. The number of pyridine rings is 1. The lowest BCUT2D eigenvalue weighted by Gasteiger charge is -2.32. The Bertz CT molecular complexity index is 1010. The zero-order chi connectivity index (χ0) is 18.8. The monoisotopic (exact) mass is 363 g/mol. The molecule has 2 aromatic heterocycles. The zero-order valence-electron chi connectivity index (χ0n) is 15.2. The lowest BCUT2D eigenvalue weighted by atomic mass is 10.1. The normalized spacial score (nSPS) is 16.2. The molecule has 27 heavy (non-hydrogen) atoms. The molecule has 1 aliphatic rings. The van der Waals surface area contributed by atoms with Crippen LogP contribution in [0, 0.1) is 0 Å². The average molecular weight is 363 g/mol. The highest BCUT2D eigenvalue weighted by Crippen LogP contribution is 2.23. The third-order valence-electron chi connectivity index (χ3n) is 4.86. The smallest absolute Gasteiger partial charge is 0.250 e. The molecule has 7 heteroatoms. The molecule has 0 fully saturated rings. The molecule has 1 aliphatic heterocycles. The molecular weight excluding hydrogens is 342 g/mol. The first kappa shape index (κ1) is 17.2. The lowest BCUT2D eigenvalue weighted by Crippen LogP contribution is -2.43. The molecule has 3 heterocycles. The molecule has 7 nitrogen and oxygen atoms in total. The molecule has 138 valence electrons. The Balaban J connectivity index is 1.51. The van der Waals surface area contributed by atoms with Gasteiger partial charge in [-0.2, -0.15) is 0 Å². The van der Waals surface area contributed by atoms with Crippen molar-refractivity contribution < 1.29 is 4.79 Å². The molecule has 0 bridgehead atoms. The summed E-state index contributed by atoms with van der Waals surface area (Å²) in [4.78, 5) is 26.3. The standard InChI is InChI=1S/C20H21N5O2/c1-15-12-24(20(27)14-23-10-6-5-9-19(23)26)13-18-22-21-17(25(15)18)11-16-7-3-2-4-8-16/h2-10,15H,11-14H2,1H3/t15-/m0/s1. The van der Waals surface area contributed by atoms with Gasteiger partial charge >= 0.3 is 0 Å². The Kier molecular flexibility index (Phi) is 4.58. The molecule has 4 rings (SSSR count). The number of fused-ring (bicyclic) bond motifs is 1. The Morgan fingerprint density at radius 1 is 1.11 bits per heavy atom. The Labute approximate surface area is 156 Å². The molecule has 0 N–H and O–H groups in total. The molecule has 0 saturated carbocycles. The lowest BCUT2D eigenvalue weighted by molar-refractivity contribution is -0.133. The van der Waals surface area contributed by atoms with Crippen LogP contribution < -0.4 is 5.56 Å². The van der Waals surface area contributed by atoms with Crippen molar-refractivity contribution in [1.82, 2.24) is 24.2 Å². The van der Waals surface area contributed by atoms with Crippen molar-refractivity contribution in [2.24, 2.45) is 0 Å². The van der Waals surface area contributed by atoms with E-state index in [1.807, 2.05) is 18.2 Å². The van der Waals surface area contributed by atoms with Crippen LogP contribution in [0.5, 0.6) is 0 Å². The van der Waals surface area contributed by atoms with Crippen LogP contribution in [-0.2, 0) is 24.3 Å². The second-order valence-corrected chi connectivity index (χ2v) is 6.85. The first-order valence-electron chi connectivity index (χ1n) is 9.01. The van der Waals surface area contributed by atoms with Gasteiger partial charge in [-0.1, -0.05) is 36.4 Å². The summed E-state index contributed by atoms with van der Waals surface area (Å²) in [6.07, 6.45) is 2.35. The van der Waals surface area contributed by atoms with E-state index in [0.29, 0.717) is 19.5 Å². The quantitative estimate of drug-likeness (QED) is 0.706. The largest absolute Gasteiger partial charge is 0.332 e. The van der Waals surface area contributed by atoms with E-state index in [9.17, 15) is 9.59 Å². The minimum absolute atomic E-state index is 0.0391. The van der Waals surface area contributed by atoms with Crippen LogP contribution in [0.4, 0.5) is 0 Å². The van der Waals surface area contributed by atoms with Gasteiger partial charge in [0.05, 0.1) is 12.6 Å². The fourth-order valence-corrected chi connectivity index (χ4v) is 3.54. The van der Waals surface area contributed by atoms with E-state index >= 15 is 0 Å². The van der Waals surface area contributed by atoms with Crippen molar-refractivity contribution in [3.8, 4) is 0 Å². The van der Waals surface area contributed by atoms with Crippen LogP contribution in [-0.4, -0.2) is 36.7 Å². The van der Waals surface area contributed by atoms with Gasteiger partial charge in [-0.25, -0.2) is 0 Å². The zero-order valence-corrected chi connectivity index (χ0v) is 15.2. The first-order valence-corrected chi connectivity index (χ1v) is 9.01. The van der Waals surface area contributed by atoms with Gasteiger partial charge in [0.2, 0.25) is 5.91 Å². The fraction of sp³-hybridized carbons (Fsp3) is 0.300. The maximum Gasteiger partial charge on any atom is 0.250 e. The van der Waals surface area contributed by atoms with E-state index in [-0.39, 0.29) is 24.1 Å². The van der Waals surface area contributed by atoms with Crippen molar-refractivity contribution in [3.63, 3.8) is 0 Å².